The van der Waals surface area contributed by atoms with Gasteiger partial charge in [0, 0.05) is 63.0 Å². The van der Waals surface area contributed by atoms with Gasteiger partial charge in [-0.3, -0.25) is 24.7 Å². The first kappa shape index (κ1) is 26.3. The van der Waals surface area contributed by atoms with Gasteiger partial charge in [-0.15, -0.1) is 0 Å². The van der Waals surface area contributed by atoms with Crippen LogP contribution in [0.4, 0.5) is 5.69 Å². The molecule has 3 fully saturated rings. The molecule has 0 spiro atoms. The molecule has 0 aromatic heterocycles. The van der Waals surface area contributed by atoms with E-state index in [1.54, 1.807) is 4.90 Å². The predicted octanol–water partition coefficient (Wildman–Crippen LogP) is 2.14. The van der Waals surface area contributed by atoms with Gasteiger partial charge in [0.2, 0.25) is 11.8 Å². The molecule has 2 unspecified atom stereocenters. The van der Waals surface area contributed by atoms with E-state index in [4.69, 9.17) is 4.74 Å². The van der Waals surface area contributed by atoms with Crippen molar-refractivity contribution in [3.63, 3.8) is 0 Å². The van der Waals surface area contributed by atoms with Gasteiger partial charge in [0.05, 0.1) is 6.04 Å². The molecule has 9 heteroatoms. The lowest BCUT2D eigenvalue weighted by atomic mass is 10.0. The maximum absolute atomic E-state index is 12.4. The summed E-state index contributed by atoms with van der Waals surface area (Å²) in [5, 5.41) is 16.7. The van der Waals surface area contributed by atoms with Crippen molar-refractivity contribution in [2.45, 2.75) is 63.5 Å². The lowest BCUT2D eigenvalue weighted by Gasteiger charge is -2.35. The fraction of sp³-hybridized carbons (Fsp3) is 0.533. The number of carbonyl (C=O) groups excluding carboxylic acids is 2. The summed E-state index contributed by atoms with van der Waals surface area (Å²) in [7, 11) is 0. The van der Waals surface area contributed by atoms with Crippen molar-refractivity contribution >= 4 is 17.5 Å². The number of benzene rings is 2. The third-order valence-electron chi connectivity index (χ3n) is 8.67. The standard InChI is InChI=1S/C30H39N5O4/c36-28-11-10-27(29(37)32-28)35-19-22-17-25(8-9-26(22)30(35)38)39-20-24-3-1-2-14-34(24)18-21-4-6-23(7-5-21)33-15-12-31-13-16-33/h4-9,17,24,27,30-31,38H,1-3,10-16,18-20H2,(H,32,36,37)/t24-,27?,30?/m1/s1. The van der Waals surface area contributed by atoms with Crippen LogP contribution in [0.25, 0.3) is 0 Å². The minimum atomic E-state index is -0.857. The third-order valence-corrected chi connectivity index (χ3v) is 8.67. The first-order valence-electron chi connectivity index (χ1n) is 14.4. The first-order valence-corrected chi connectivity index (χ1v) is 14.4. The molecule has 2 amide bonds. The Morgan fingerprint density at radius 1 is 0.974 bits per heavy atom. The average molecular weight is 534 g/mol. The predicted molar refractivity (Wildman–Crippen MR) is 148 cm³/mol. The molecule has 0 bridgehead atoms. The van der Waals surface area contributed by atoms with Gasteiger partial charge in [0.1, 0.15) is 18.6 Å². The van der Waals surface area contributed by atoms with Crippen molar-refractivity contribution in [3.05, 3.63) is 59.2 Å². The van der Waals surface area contributed by atoms with Gasteiger partial charge in [0.25, 0.3) is 0 Å². The van der Waals surface area contributed by atoms with Gasteiger partial charge in [-0.05, 0) is 61.2 Å². The van der Waals surface area contributed by atoms with Gasteiger partial charge in [-0.1, -0.05) is 24.6 Å². The van der Waals surface area contributed by atoms with E-state index in [0.717, 1.165) is 62.6 Å². The topological polar surface area (TPSA) is 97.4 Å². The maximum atomic E-state index is 12.4. The van der Waals surface area contributed by atoms with Gasteiger partial charge in [0.15, 0.2) is 0 Å². The third kappa shape index (κ3) is 5.82. The van der Waals surface area contributed by atoms with Gasteiger partial charge in [-0.25, -0.2) is 0 Å². The van der Waals surface area contributed by atoms with Crippen molar-refractivity contribution in [1.29, 1.82) is 0 Å². The zero-order valence-electron chi connectivity index (χ0n) is 22.5. The Bertz CT molecular complexity index is 1180. The number of fused-ring (bicyclic) bond motifs is 1. The van der Waals surface area contributed by atoms with Crippen LogP contribution in [0, 0.1) is 0 Å². The molecule has 39 heavy (non-hydrogen) atoms. The minimum absolute atomic E-state index is 0.248. The molecule has 0 radical (unpaired) electrons. The van der Waals surface area contributed by atoms with E-state index in [1.165, 1.54) is 24.1 Å². The largest absolute Gasteiger partial charge is 0.492 e. The lowest BCUT2D eigenvalue weighted by molar-refractivity contribution is -0.141. The van der Waals surface area contributed by atoms with E-state index in [0.29, 0.717) is 32.0 Å². The highest BCUT2D eigenvalue weighted by molar-refractivity contribution is 6.00. The Kier molecular flexibility index (Phi) is 7.83. The first-order chi connectivity index (χ1) is 19.0. The van der Waals surface area contributed by atoms with Crippen LogP contribution < -0.4 is 20.3 Å². The molecule has 9 nitrogen and oxygen atoms in total. The van der Waals surface area contributed by atoms with E-state index in [2.05, 4.69) is 44.7 Å². The zero-order chi connectivity index (χ0) is 26.8. The highest BCUT2D eigenvalue weighted by atomic mass is 16.5. The number of piperazine rings is 1. The van der Waals surface area contributed by atoms with E-state index in [-0.39, 0.29) is 11.8 Å². The number of amides is 2. The summed E-state index contributed by atoms with van der Waals surface area (Å²) in [6.07, 6.45) is 3.40. The molecule has 4 heterocycles. The Hall–Kier alpha value is -2.98. The van der Waals surface area contributed by atoms with Gasteiger partial charge < -0.3 is 20.1 Å². The molecule has 0 saturated carbocycles. The number of hydrogen-bond acceptors (Lipinski definition) is 8. The monoisotopic (exact) mass is 533 g/mol. The van der Waals surface area contributed by atoms with Crippen LogP contribution in [0.2, 0.25) is 0 Å². The second kappa shape index (κ2) is 11.6. The average Bonchev–Trinajstić information content (AvgIpc) is 3.28. The molecular weight excluding hydrogens is 494 g/mol. The van der Waals surface area contributed by atoms with E-state index in [1.807, 2.05) is 18.2 Å². The Morgan fingerprint density at radius 2 is 1.79 bits per heavy atom. The maximum Gasteiger partial charge on any atom is 0.244 e. The van der Waals surface area contributed by atoms with Gasteiger partial charge >= 0.3 is 0 Å². The molecule has 2 aromatic rings. The molecule has 3 saturated heterocycles. The summed E-state index contributed by atoms with van der Waals surface area (Å²) < 4.78 is 6.31. The number of aliphatic hydroxyl groups excluding tert-OH is 1. The molecule has 3 atom stereocenters. The number of nitrogens with zero attached hydrogens (tertiary/aromatic N) is 3. The molecule has 4 aliphatic rings. The van der Waals surface area contributed by atoms with Crippen LogP contribution in [0.1, 0.15) is 55.0 Å². The quantitative estimate of drug-likeness (QED) is 0.466. The smallest absolute Gasteiger partial charge is 0.244 e. The second-order valence-electron chi connectivity index (χ2n) is 11.2. The number of imide groups is 1. The fourth-order valence-corrected chi connectivity index (χ4v) is 6.42. The molecular formula is C30H39N5O4. The minimum Gasteiger partial charge on any atom is -0.492 e. The van der Waals surface area contributed by atoms with E-state index < -0.39 is 12.3 Å². The Morgan fingerprint density at radius 3 is 2.59 bits per heavy atom. The van der Waals surface area contributed by atoms with Crippen molar-refractivity contribution in [2.75, 3.05) is 44.2 Å². The summed E-state index contributed by atoms with van der Waals surface area (Å²) >= 11 is 0. The number of piperidine rings is 2. The fourth-order valence-electron chi connectivity index (χ4n) is 6.42. The number of anilines is 1. The number of carbonyl (C=O) groups is 2. The molecule has 208 valence electrons. The second-order valence-corrected chi connectivity index (χ2v) is 11.2. The summed E-state index contributed by atoms with van der Waals surface area (Å²) in [6.45, 7) is 7.28. The number of aliphatic hydroxyl groups is 1. The highest BCUT2D eigenvalue weighted by Crippen LogP contribution is 2.37. The molecule has 4 aliphatic heterocycles. The normalized spacial score (nSPS) is 26.4. The molecule has 6 rings (SSSR count). The zero-order valence-corrected chi connectivity index (χ0v) is 22.5. The summed E-state index contributed by atoms with van der Waals surface area (Å²) in [6, 6.07) is 14.7. The van der Waals surface area contributed by atoms with Crippen LogP contribution in [0.3, 0.4) is 0 Å². The highest BCUT2D eigenvalue weighted by Gasteiger charge is 2.39. The van der Waals surface area contributed by atoms with Gasteiger partial charge in [-0.2, -0.15) is 0 Å². The lowest BCUT2D eigenvalue weighted by Crippen LogP contribution is -2.51. The Balaban J connectivity index is 1.06. The number of ether oxygens (including phenoxy) is 1. The number of hydrogen-bond donors (Lipinski definition) is 3. The van der Waals surface area contributed by atoms with Crippen LogP contribution in [-0.2, 0) is 22.7 Å². The summed E-state index contributed by atoms with van der Waals surface area (Å²) in [5.74, 6) is 0.213. The number of nitrogens with one attached hydrogen (secondary N) is 2. The van der Waals surface area contributed by atoms with Crippen LogP contribution >= 0.6 is 0 Å². The molecule has 3 N–H and O–H groups in total. The van der Waals surface area contributed by atoms with E-state index in [9.17, 15) is 14.7 Å². The number of rotatable bonds is 7. The van der Waals surface area contributed by atoms with Crippen LogP contribution in [0.15, 0.2) is 42.5 Å². The van der Waals surface area contributed by atoms with Crippen molar-refractivity contribution in [3.8, 4) is 5.75 Å². The van der Waals surface area contributed by atoms with Crippen molar-refractivity contribution in [2.24, 2.45) is 0 Å². The molecule has 0 aliphatic carbocycles. The Labute approximate surface area is 230 Å². The summed E-state index contributed by atoms with van der Waals surface area (Å²) in [5.41, 5.74) is 4.41. The SMILES string of the molecule is O=C1CCC(N2Cc3cc(OC[C@H]4CCCCN4Cc4ccc(N5CCNCC5)cc4)ccc3C2O)C(=O)N1. The molecule has 2 aromatic carbocycles. The van der Waals surface area contributed by atoms with E-state index >= 15 is 0 Å². The van der Waals surface area contributed by atoms with Crippen molar-refractivity contribution < 1.29 is 19.4 Å². The van der Waals surface area contributed by atoms with Crippen LogP contribution in [-0.4, -0.2) is 78.1 Å². The van der Waals surface area contributed by atoms with Crippen LogP contribution in [0.5, 0.6) is 5.75 Å². The number of likely N-dealkylation sites (tertiary alicyclic amines) is 1. The van der Waals surface area contributed by atoms with Crippen molar-refractivity contribution in [1.82, 2.24) is 20.4 Å². The summed E-state index contributed by atoms with van der Waals surface area (Å²) in [4.78, 5) is 30.7.